The van der Waals surface area contributed by atoms with Gasteiger partial charge in [0.2, 0.25) is 11.7 Å². The minimum absolute atomic E-state index is 0.00819. The molecule has 1 saturated heterocycles. The van der Waals surface area contributed by atoms with E-state index in [9.17, 15) is 4.79 Å². The zero-order valence-corrected chi connectivity index (χ0v) is 17.9. The standard InChI is InChI=1S/C24H20BrN3O2/c25-20-12-10-17(11-13-20)22-26-23(30-27-22)21-7-3-4-14-28(21)24(29)19-9-8-16-5-1-2-6-18(16)15-19/h1-2,5-6,8-13,15,21H,3-4,7,14H2. The second-order valence-electron chi connectivity index (χ2n) is 7.54. The molecule has 1 atom stereocenters. The molecule has 1 aliphatic heterocycles. The molecule has 1 fully saturated rings. The molecule has 1 aliphatic rings. The maximum absolute atomic E-state index is 13.4. The van der Waals surface area contributed by atoms with E-state index in [1.54, 1.807) is 0 Å². The number of halogens is 1. The summed E-state index contributed by atoms with van der Waals surface area (Å²) < 4.78 is 6.60. The Bertz CT molecular complexity index is 1200. The average molecular weight is 462 g/mol. The van der Waals surface area contributed by atoms with Crippen molar-refractivity contribution in [1.82, 2.24) is 15.0 Å². The molecule has 5 rings (SSSR count). The van der Waals surface area contributed by atoms with Crippen molar-refractivity contribution in [3.8, 4) is 11.4 Å². The van der Waals surface area contributed by atoms with Gasteiger partial charge in [-0.1, -0.05) is 51.4 Å². The van der Waals surface area contributed by atoms with Gasteiger partial charge in [0.15, 0.2) is 0 Å². The molecule has 5 nitrogen and oxygen atoms in total. The smallest absolute Gasteiger partial charge is 0.254 e. The van der Waals surface area contributed by atoms with Crippen molar-refractivity contribution in [3.05, 3.63) is 82.7 Å². The maximum Gasteiger partial charge on any atom is 0.254 e. The van der Waals surface area contributed by atoms with Gasteiger partial charge in [-0.15, -0.1) is 0 Å². The summed E-state index contributed by atoms with van der Waals surface area (Å²) in [5, 5.41) is 6.35. The van der Waals surface area contributed by atoms with Crippen LogP contribution in [0.5, 0.6) is 0 Å². The summed E-state index contributed by atoms with van der Waals surface area (Å²) in [7, 11) is 0. The molecule has 0 spiro atoms. The lowest BCUT2D eigenvalue weighted by Crippen LogP contribution is -2.38. The van der Waals surface area contributed by atoms with Crippen LogP contribution in [-0.4, -0.2) is 27.5 Å². The number of aromatic nitrogens is 2. The Labute approximate surface area is 182 Å². The third kappa shape index (κ3) is 3.63. The molecule has 0 N–H and O–H groups in total. The van der Waals surface area contributed by atoms with Gasteiger partial charge in [-0.05, 0) is 66.4 Å². The zero-order chi connectivity index (χ0) is 20.5. The molecule has 0 radical (unpaired) electrons. The van der Waals surface area contributed by atoms with Crippen LogP contribution in [0, 0.1) is 0 Å². The van der Waals surface area contributed by atoms with Crippen LogP contribution in [0.2, 0.25) is 0 Å². The van der Waals surface area contributed by atoms with E-state index in [2.05, 4.69) is 32.1 Å². The van der Waals surface area contributed by atoms with Crippen molar-refractivity contribution in [1.29, 1.82) is 0 Å². The molecule has 30 heavy (non-hydrogen) atoms. The Kier molecular flexibility index (Phi) is 5.09. The Hall–Kier alpha value is -2.99. The fraction of sp³-hybridized carbons (Fsp3) is 0.208. The van der Waals surface area contributed by atoms with Gasteiger partial charge in [0.1, 0.15) is 6.04 Å². The first-order chi connectivity index (χ1) is 14.7. The van der Waals surface area contributed by atoms with E-state index in [1.807, 2.05) is 65.6 Å². The molecule has 150 valence electrons. The number of likely N-dealkylation sites (tertiary alicyclic amines) is 1. The first-order valence-corrected chi connectivity index (χ1v) is 10.9. The van der Waals surface area contributed by atoms with Gasteiger partial charge in [-0.25, -0.2) is 0 Å². The Morgan fingerprint density at radius 1 is 1.00 bits per heavy atom. The number of piperidine rings is 1. The van der Waals surface area contributed by atoms with Crippen LogP contribution >= 0.6 is 15.9 Å². The van der Waals surface area contributed by atoms with Crippen LogP contribution in [0.3, 0.4) is 0 Å². The Morgan fingerprint density at radius 3 is 2.63 bits per heavy atom. The summed E-state index contributed by atoms with van der Waals surface area (Å²) >= 11 is 3.44. The van der Waals surface area contributed by atoms with E-state index < -0.39 is 0 Å². The highest BCUT2D eigenvalue weighted by Gasteiger charge is 2.32. The first-order valence-electron chi connectivity index (χ1n) is 10.1. The van der Waals surface area contributed by atoms with Gasteiger partial charge in [0, 0.05) is 22.1 Å². The Morgan fingerprint density at radius 2 is 1.80 bits per heavy atom. The lowest BCUT2D eigenvalue weighted by molar-refractivity contribution is 0.0561. The van der Waals surface area contributed by atoms with Gasteiger partial charge in [0.25, 0.3) is 5.91 Å². The second kappa shape index (κ2) is 8.03. The topological polar surface area (TPSA) is 59.2 Å². The van der Waals surface area contributed by atoms with Gasteiger partial charge in [-0.3, -0.25) is 4.79 Å². The highest BCUT2D eigenvalue weighted by atomic mass is 79.9. The van der Waals surface area contributed by atoms with Crippen molar-refractivity contribution in [2.24, 2.45) is 0 Å². The van der Waals surface area contributed by atoms with E-state index in [0.29, 0.717) is 23.8 Å². The number of benzene rings is 3. The zero-order valence-electron chi connectivity index (χ0n) is 16.3. The van der Waals surface area contributed by atoms with Crippen molar-refractivity contribution in [3.63, 3.8) is 0 Å². The SMILES string of the molecule is O=C(c1ccc2ccccc2c1)N1CCCCC1c1nc(-c2ccc(Br)cc2)no1. The third-order valence-corrected chi connectivity index (χ3v) is 6.12. The van der Waals surface area contributed by atoms with Gasteiger partial charge < -0.3 is 9.42 Å². The predicted octanol–water partition coefficient (Wildman–Crippen LogP) is 6.02. The molecule has 1 unspecified atom stereocenters. The summed E-state index contributed by atoms with van der Waals surface area (Å²) in [5.41, 5.74) is 1.57. The number of fused-ring (bicyclic) bond motifs is 1. The molecule has 0 saturated carbocycles. The quantitative estimate of drug-likeness (QED) is 0.374. The molecule has 1 amide bonds. The monoisotopic (exact) mass is 461 g/mol. The third-order valence-electron chi connectivity index (χ3n) is 5.59. The van der Waals surface area contributed by atoms with Gasteiger partial charge >= 0.3 is 0 Å². The summed E-state index contributed by atoms with van der Waals surface area (Å²) in [6.07, 6.45) is 2.83. The van der Waals surface area contributed by atoms with E-state index in [0.717, 1.165) is 40.1 Å². The number of hydrogen-bond donors (Lipinski definition) is 0. The van der Waals surface area contributed by atoms with Crippen molar-refractivity contribution in [2.45, 2.75) is 25.3 Å². The number of nitrogens with zero attached hydrogens (tertiary/aromatic N) is 3. The number of hydrogen-bond acceptors (Lipinski definition) is 4. The molecule has 6 heteroatoms. The van der Waals surface area contributed by atoms with E-state index in [-0.39, 0.29) is 11.9 Å². The summed E-state index contributed by atoms with van der Waals surface area (Å²) in [5.74, 6) is 1.05. The first kappa shape index (κ1) is 19.0. The molecule has 1 aromatic heterocycles. The van der Waals surface area contributed by atoms with Crippen molar-refractivity contribution >= 4 is 32.6 Å². The van der Waals surface area contributed by atoms with Gasteiger partial charge in [-0.2, -0.15) is 4.98 Å². The summed E-state index contributed by atoms with van der Waals surface area (Å²) in [4.78, 5) is 19.9. The highest BCUT2D eigenvalue weighted by molar-refractivity contribution is 9.10. The minimum atomic E-state index is -0.200. The second-order valence-corrected chi connectivity index (χ2v) is 8.45. The summed E-state index contributed by atoms with van der Waals surface area (Å²) in [6, 6.07) is 21.5. The Balaban J connectivity index is 1.44. The molecule has 0 bridgehead atoms. The molecule has 0 aliphatic carbocycles. The number of carbonyl (C=O) groups is 1. The molecular weight excluding hydrogens is 442 g/mol. The lowest BCUT2D eigenvalue weighted by atomic mass is 9.99. The lowest BCUT2D eigenvalue weighted by Gasteiger charge is -2.33. The minimum Gasteiger partial charge on any atom is -0.337 e. The maximum atomic E-state index is 13.4. The van der Waals surface area contributed by atoms with Crippen LogP contribution in [0.25, 0.3) is 22.2 Å². The largest absolute Gasteiger partial charge is 0.337 e. The van der Waals surface area contributed by atoms with Crippen LogP contribution in [0.1, 0.15) is 41.6 Å². The molecule has 2 heterocycles. The van der Waals surface area contributed by atoms with Crippen LogP contribution in [0.15, 0.2) is 75.7 Å². The number of carbonyl (C=O) groups excluding carboxylic acids is 1. The van der Waals surface area contributed by atoms with Crippen molar-refractivity contribution in [2.75, 3.05) is 6.54 Å². The van der Waals surface area contributed by atoms with Gasteiger partial charge in [0.05, 0.1) is 0 Å². The molecule has 4 aromatic rings. The average Bonchev–Trinajstić information content (AvgIpc) is 3.29. The predicted molar refractivity (Wildman–Crippen MR) is 119 cm³/mol. The summed E-state index contributed by atoms with van der Waals surface area (Å²) in [6.45, 7) is 0.687. The number of rotatable bonds is 3. The van der Waals surface area contributed by atoms with E-state index in [4.69, 9.17) is 4.52 Å². The molecule has 3 aromatic carbocycles. The van der Waals surface area contributed by atoms with Crippen molar-refractivity contribution < 1.29 is 9.32 Å². The van der Waals surface area contributed by atoms with E-state index in [1.165, 1.54) is 0 Å². The normalized spacial score (nSPS) is 16.7. The molecular formula is C24H20BrN3O2. The number of amides is 1. The van der Waals surface area contributed by atoms with Crippen LogP contribution in [0.4, 0.5) is 0 Å². The fourth-order valence-corrected chi connectivity index (χ4v) is 4.27. The van der Waals surface area contributed by atoms with Crippen LogP contribution in [-0.2, 0) is 0 Å². The highest BCUT2D eigenvalue weighted by Crippen LogP contribution is 2.33. The van der Waals surface area contributed by atoms with Crippen LogP contribution < -0.4 is 0 Å². The van der Waals surface area contributed by atoms with E-state index >= 15 is 0 Å². The fourth-order valence-electron chi connectivity index (χ4n) is 4.01.